The number of carbonyl (C=O) groups is 1. The first-order chi connectivity index (χ1) is 14.2. The van der Waals surface area contributed by atoms with Gasteiger partial charge in [-0.2, -0.15) is 8.42 Å². The largest absolute Gasteiger partial charge is 0.357 e. The lowest BCUT2D eigenvalue weighted by Crippen LogP contribution is -2.18. The molecule has 0 saturated carbocycles. The third-order valence-corrected chi connectivity index (χ3v) is 5.90. The highest BCUT2D eigenvalue weighted by Crippen LogP contribution is 2.31. The van der Waals surface area contributed by atoms with Gasteiger partial charge in [0.2, 0.25) is 0 Å². The van der Waals surface area contributed by atoms with Gasteiger partial charge < -0.3 is 4.98 Å². The van der Waals surface area contributed by atoms with E-state index < -0.39 is 10.3 Å². The molecule has 4 aromatic rings. The number of aromatic nitrogens is 1. The van der Waals surface area contributed by atoms with E-state index >= 15 is 0 Å². The molecular formula is C22H16N2O5S. The number of pyridine rings is 1. The summed E-state index contributed by atoms with van der Waals surface area (Å²) in [5.41, 5.74) is 4.55. The number of aryl methyl sites for hydroxylation is 1. The Bertz CT molecular complexity index is 1570. The molecule has 0 bridgehead atoms. The Labute approximate surface area is 171 Å². The van der Waals surface area contributed by atoms with Crippen molar-refractivity contribution in [3.8, 4) is 0 Å². The topological polar surface area (TPSA) is 116 Å². The number of hydrogen-bond acceptors (Lipinski definition) is 4. The second-order valence-corrected chi connectivity index (χ2v) is 8.67. The highest BCUT2D eigenvalue weighted by molar-refractivity contribution is 7.87. The Morgan fingerprint density at radius 2 is 1.63 bits per heavy atom. The summed E-state index contributed by atoms with van der Waals surface area (Å²) in [6.45, 7) is 1.93. The van der Waals surface area contributed by atoms with Crippen molar-refractivity contribution < 1.29 is 17.8 Å². The van der Waals surface area contributed by atoms with Crippen molar-refractivity contribution in [3.05, 3.63) is 86.6 Å². The standard InChI is InChI=1S/C22H16N2O5S/c1-11-2-5-19-17(6-11)22(26)18-8-13-7-12-3-4-14(24-30(27,28)29)9-15(12)21(25)16(13)10-20(18)23-19/h2-6,8-10,24H,7H2,1H3,(H,23,26)(H,27,28,29). The Morgan fingerprint density at radius 3 is 2.40 bits per heavy atom. The molecule has 30 heavy (non-hydrogen) atoms. The molecular weight excluding hydrogens is 404 g/mol. The van der Waals surface area contributed by atoms with Crippen molar-refractivity contribution in [2.24, 2.45) is 0 Å². The molecule has 0 spiro atoms. The molecule has 8 heteroatoms. The van der Waals surface area contributed by atoms with Crippen molar-refractivity contribution in [2.45, 2.75) is 13.3 Å². The molecule has 1 aliphatic carbocycles. The van der Waals surface area contributed by atoms with Crippen LogP contribution in [0.2, 0.25) is 0 Å². The Balaban J connectivity index is 1.69. The Morgan fingerprint density at radius 1 is 0.900 bits per heavy atom. The molecule has 0 unspecified atom stereocenters. The van der Waals surface area contributed by atoms with Crippen LogP contribution in [0.3, 0.4) is 0 Å². The number of ketones is 1. The maximum absolute atomic E-state index is 13.1. The van der Waals surface area contributed by atoms with Gasteiger partial charge in [-0.3, -0.25) is 18.9 Å². The lowest BCUT2D eigenvalue weighted by molar-refractivity contribution is 0.103. The average molecular weight is 420 g/mol. The van der Waals surface area contributed by atoms with Crippen molar-refractivity contribution in [3.63, 3.8) is 0 Å². The number of H-pyrrole nitrogens is 1. The van der Waals surface area contributed by atoms with E-state index in [9.17, 15) is 18.0 Å². The normalized spacial score (nSPS) is 13.3. The zero-order valence-electron chi connectivity index (χ0n) is 15.8. The summed E-state index contributed by atoms with van der Waals surface area (Å²) in [5, 5.41) is 1.12. The zero-order valence-corrected chi connectivity index (χ0v) is 16.6. The second kappa shape index (κ2) is 6.25. The SMILES string of the molecule is Cc1ccc2[nH]c3cc4c(cc3c(=O)c2c1)Cc1ccc(NS(=O)(=O)O)cc1C4=O. The van der Waals surface area contributed by atoms with Gasteiger partial charge in [0.1, 0.15) is 0 Å². The van der Waals surface area contributed by atoms with Gasteiger partial charge in [-0.15, -0.1) is 0 Å². The van der Waals surface area contributed by atoms with Gasteiger partial charge in [0.15, 0.2) is 11.2 Å². The number of fused-ring (bicyclic) bond motifs is 4. The summed E-state index contributed by atoms with van der Waals surface area (Å²) in [7, 11) is -4.44. The zero-order chi connectivity index (χ0) is 21.2. The molecule has 3 aromatic carbocycles. The van der Waals surface area contributed by atoms with Gasteiger partial charge in [0.25, 0.3) is 0 Å². The summed E-state index contributed by atoms with van der Waals surface area (Å²) < 4.78 is 33.1. The number of aromatic amines is 1. The summed E-state index contributed by atoms with van der Waals surface area (Å²) in [4.78, 5) is 29.4. The van der Waals surface area contributed by atoms with Gasteiger partial charge in [0.05, 0.1) is 11.2 Å². The summed E-state index contributed by atoms with van der Waals surface area (Å²) in [6, 6.07) is 13.6. The minimum absolute atomic E-state index is 0.0869. The molecule has 0 aliphatic heterocycles. The van der Waals surface area contributed by atoms with Crippen LogP contribution in [0.1, 0.15) is 32.6 Å². The third kappa shape index (κ3) is 2.97. The van der Waals surface area contributed by atoms with Crippen LogP contribution in [0, 0.1) is 6.92 Å². The number of hydrogen-bond donors (Lipinski definition) is 3. The van der Waals surface area contributed by atoms with Crippen molar-refractivity contribution >= 4 is 43.6 Å². The summed E-state index contributed by atoms with van der Waals surface area (Å²) in [6.07, 6.45) is 0.434. The fraction of sp³-hybridized carbons (Fsp3) is 0.0909. The quantitative estimate of drug-likeness (QED) is 0.299. The molecule has 0 amide bonds. The number of benzene rings is 3. The van der Waals surface area contributed by atoms with Gasteiger partial charge in [-0.05, 0) is 60.9 Å². The molecule has 7 nitrogen and oxygen atoms in total. The monoisotopic (exact) mass is 420 g/mol. The van der Waals surface area contributed by atoms with Crippen LogP contribution < -0.4 is 10.2 Å². The fourth-order valence-corrected chi connectivity index (χ4v) is 4.47. The molecule has 1 aliphatic rings. The molecule has 0 fully saturated rings. The molecule has 0 atom stereocenters. The second-order valence-electron chi connectivity index (χ2n) is 7.51. The molecule has 0 radical (unpaired) electrons. The van der Waals surface area contributed by atoms with Crippen molar-refractivity contribution in [1.29, 1.82) is 0 Å². The molecule has 0 saturated heterocycles. The summed E-state index contributed by atoms with van der Waals surface area (Å²) >= 11 is 0. The van der Waals surface area contributed by atoms with Crippen LogP contribution >= 0.6 is 0 Å². The first kappa shape index (κ1) is 18.5. The number of rotatable bonds is 2. The van der Waals surface area contributed by atoms with Crippen LogP contribution in [-0.4, -0.2) is 23.7 Å². The van der Waals surface area contributed by atoms with Crippen molar-refractivity contribution in [2.75, 3.05) is 4.72 Å². The highest BCUT2D eigenvalue weighted by Gasteiger charge is 2.25. The van der Waals surface area contributed by atoms with E-state index in [-0.39, 0.29) is 16.9 Å². The lowest BCUT2D eigenvalue weighted by Gasteiger charge is -2.20. The van der Waals surface area contributed by atoms with Crippen LogP contribution in [0.15, 0.2) is 53.3 Å². The number of carbonyl (C=O) groups excluding carboxylic acids is 1. The molecule has 5 rings (SSSR count). The van der Waals surface area contributed by atoms with Gasteiger partial charge in [-0.25, -0.2) is 0 Å². The van der Waals surface area contributed by atoms with Crippen LogP contribution in [-0.2, 0) is 16.7 Å². The summed E-state index contributed by atoms with van der Waals surface area (Å²) in [5.74, 6) is -0.267. The fourth-order valence-electron chi connectivity index (χ4n) is 4.04. The Hall–Kier alpha value is -3.49. The lowest BCUT2D eigenvalue weighted by atomic mass is 9.84. The third-order valence-electron chi connectivity index (χ3n) is 5.40. The molecule has 1 aromatic heterocycles. The van der Waals surface area contributed by atoms with Crippen LogP contribution in [0.25, 0.3) is 21.8 Å². The van der Waals surface area contributed by atoms with Gasteiger partial charge in [-0.1, -0.05) is 17.7 Å². The maximum Gasteiger partial charge on any atom is 0.357 e. The van der Waals surface area contributed by atoms with E-state index in [1.807, 2.05) is 29.8 Å². The average Bonchev–Trinajstić information content (AvgIpc) is 2.68. The van der Waals surface area contributed by atoms with E-state index in [1.54, 1.807) is 18.2 Å². The van der Waals surface area contributed by atoms with E-state index in [4.69, 9.17) is 4.55 Å². The first-order valence-electron chi connectivity index (χ1n) is 9.22. The van der Waals surface area contributed by atoms with Gasteiger partial charge >= 0.3 is 10.3 Å². The van der Waals surface area contributed by atoms with E-state index in [1.165, 1.54) is 12.1 Å². The number of anilines is 1. The first-order valence-corrected chi connectivity index (χ1v) is 10.7. The molecule has 1 heterocycles. The van der Waals surface area contributed by atoms with E-state index in [0.29, 0.717) is 39.4 Å². The van der Waals surface area contributed by atoms with E-state index in [0.717, 1.165) is 16.7 Å². The number of nitrogens with one attached hydrogen (secondary N) is 2. The minimum Gasteiger partial charge on any atom is -0.354 e. The predicted octanol–water partition coefficient (Wildman–Crippen LogP) is 3.34. The molecule has 150 valence electrons. The maximum atomic E-state index is 13.1. The minimum atomic E-state index is -4.44. The Kier molecular flexibility index (Phi) is 3.86. The van der Waals surface area contributed by atoms with E-state index in [2.05, 4.69) is 4.98 Å². The highest BCUT2D eigenvalue weighted by atomic mass is 32.2. The predicted molar refractivity (Wildman–Crippen MR) is 115 cm³/mol. The van der Waals surface area contributed by atoms with Crippen LogP contribution in [0.5, 0.6) is 0 Å². The van der Waals surface area contributed by atoms with Gasteiger partial charge in [0, 0.05) is 27.4 Å². The van der Waals surface area contributed by atoms with Crippen LogP contribution in [0.4, 0.5) is 5.69 Å². The smallest absolute Gasteiger partial charge is 0.354 e. The molecule has 3 N–H and O–H groups in total. The van der Waals surface area contributed by atoms with Crippen molar-refractivity contribution in [1.82, 2.24) is 4.98 Å².